The summed E-state index contributed by atoms with van der Waals surface area (Å²) in [5.41, 5.74) is 0.353. The van der Waals surface area contributed by atoms with Gasteiger partial charge in [-0.05, 0) is 44.7 Å². The molecule has 2 fully saturated rings. The van der Waals surface area contributed by atoms with Crippen LogP contribution in [-0.2, 0) is 0 Å². The minimum atomic E-state index is -0.101. The number of hydrogen-bond acceptors (Lipinski definition) is 2. The molecule has 0 amide bonds. The Morgan fingerprint density at radius 3 is 2.43 bits per heavy atom. The van der Waals surface area contributed by atoms with Gasteiger partial charge in [0.05, 0.1) is 6.10 Å². The zero-order valence-electron chi connectivity index (χ0n) is 9.88. The first-order valence-corrected chi connectivity index (χ1v) is 5.71. The second-order valence-corrected chi connectivity index (χ2v) is 6.26. The quantitative estimate of drug-likeness (QED) is 0.729. The van der Waals surface area contributed by atoms with E-state index in [0.29, 0.717) is 0 Å². The van der Waals surface area contributed by atoms with E-state index in [1.54, 1.807) is 0 Å². The molecule has 1 N–H and O–H groups in total. The topological polar surface area (TPSA) is 23.5 Å². The Balaban J connectivity index is 2.22. The van der Waals surface area contributed by atoms with Gasteiger partial charge in [0, 0.05) is 12.0 Å². The van der Waals surface area contributed by atoms with Gasteiger partial charge in [-0.15, -0.1) is 0 Å². The average Bonchev–Trinajstić information content (AvgIpc) is 2.52. The van der Waals surface area contributed by atoms with Crippen molar-refractivity contribution < 1.29 is 5.11 Å². The number of fused-ring (bicyclic) bond motifs is 2. The molecule has 14 heavy (non-hydrogen) atoms. The Labute approximate surface area is 87.3 Å². The van der Waals surface area contributed by atoms with Crippen LogP contribution in [0.2, 0.25) is 0 Å². The number of rotatable bonds is 2. The van der Waals surface area contributed by atoms with Crippen LogP contribution in [0.25, 0.3) is 0 Å². The zero-order valence-corrected chi connectivity index (χ0v) is 9.88. The molecule has 2 aliphatic rings. The normalized spacial score (nSPS) is 45.0. The first-order chi connectivity index (χ1) is 6.38. The lowest BCUT2D eigenvalue weighted by molar-refractivity contribution is -0.0504. The first kappa shape index (κ1) is 10.4. The third kappa shape index (κ3) is 1.24. The van der Waals surface area contributed by atoms with E-state index in [1.165, 1.54) is 19.3 Å². The van der Waals surface area contributed by atoms with Crippen LogP contribution < -0.4 is 0 Å². The summed E-state index contributed by atoms with van der Waals surface area (Å²) in [4.78, 5) is 2.23. The van der Waals surface area contributed by atoms with Crippen LogP contribution in [0.5, 0.6) is 0 Å². The van der Waals surface area contributed by atoms with Gasteiger partial charge in [0.2, 0.25) is 0 Å². The van der Waals surface area contributed by atoms with Gasteiger partial charge in [-0.3, -0.25) is 0 Å². The van der Waals surface area contributed by atoms with Crippen LogP contribution in [-0.4, -0.2) is 36.8 Å². The monoisotopic (exact) mass is 197 g/mol. The molecule has 0 unspecified atom stereocenters. The molecule has 0 radical (unpaired) electrons. The van der Waals surface area contributed by atoms with Gasteiger partial charge in [0.1, 0.15) is 0 Å². The highest BCUT2D eigenvalue weighted by Crippen LogP contribution is 2.62. The fourth-order valence-corrected chi connectivity index (χ4v) is 3.91. The SMILES string of the molecule is CN(C)C[C@]12CC[C@H](C1)C(C)(C)[C@H]2O. The second kappa shape index (κ2) is 2.96. The molecule has 2 aliphatic carbocycles. The van der Waals surface area contributed by atoms with Gasteiger partial charge in [0.25, 0.3) is 0 Å². The van der Waals surface area contributed by atoms with Gasteiger partial charge >= 0.3 is 0 Å². The van der Waals surface area contributed by atoms with Crippen molar-refractivity contribution in [2.45, 2.75) is 39.2 Å². The van der Waals surface area contributed by atoms with Crippen molar-refractivity contribution in [2.75, 3.05) is 20.6 Å². The van der Waals surface area contributed by atoms with Gasteiger partial charge in [-0.2, -0.15) is 0 Å². The number of nitrogens with zero attached hydrogens (tertiary/aromatic N) is 1. The van der Waals surface area contributed by atoms with Crippen molar-refractivity contribution in [3.05, 3.63) is 0 Å². The second-order valence-electron chi connectivity index (χ2n) is 6.26. The van der Waals surface area contributed by atoms with E-state index >= 15 is 0 Å². The molecule has 82 valence electrons. The maximum atomic E-state index is 10.4. The smallest absolute Gasteiger partial charge is 0.0662 e. The molecule has 0 aromatic rings. The molecule has 2 nitrogen and oxygen atoms in total. The molecule has 2 rings (SSSR count). The highest BCUT2D eigenvalue weighted by molar-refractivity contribution is 5.11. The molecule has 0 aliphatic heterocycles. The van der Waals surface area contributed by atoms with Gasteiger partial charge in [-0.1, -0.05) is 13.8 Å². The standard InChI is InChI=1S/C12H23NO/c1-11(2)9-5-6-12(7-9,10(11)14)8-13(3)4/h9-10,14H,5-8H2,1-4H3/t9-,10-,12+/m1/s1. The summed E-state index contributed by atoms with van der Waals surface area (Å²) in [5.74, 6) is 0.748. The van der Waals surface area contributed by atoms with Crippen LogP contribution in [0, 0.1) is 16.7 Å². The van der Waals surface area contributed by atoms with E-state index in [9.17, 15) is 5.11 Å². The highest BCUT2D eigenvalue weighted by Gasteiger charge is 2.61. The van der Waals surface area contributed by atoms with Gasteiger partial charge in [-0.25, -0.2) is 0 Å². The Morgan fingerprint density at radius 1 is 1.36 bits per heavy atom. The average molecular weight is 197 g/mol. The van der Waals surface area contributed by atoms with Crippen molar-refractivity contribution in [2.24, 2.45) is 16.7 Å². The molecule has 0 heterocycles. The van der Waals surface area contributed by atoms with Crippen molar-refractivity contribution in [1.29, 1.82) is 0 Å². The number of hydrogen-bond donors (Lipinski definition) is 1. The molecular weight excluding hydrogens is 174 g/mol. The van der Waals surface area contributed by atoms with E-state index in [0.717, 1.165) is 12.5 Å². The Kier molecular flexibility index (Phi) is 2.20. The third-order valence-corrected chi connectivity index (χ3v) is 4.61. The Hall–Kier alpha value is -0.0800. The Morgan fingerprint density at radius 2 is 2.00 bits per heavy atom. The van der Waals surface area contributed by atoms with Crippen molar-refractivity contribution >= 4 is 0 Å². The molecule has 2 heteroatoms. The summed E-state index contributed by atoms with van der Waals surface area (Å²) >= 11 is 0. The summed E-state index contributed by atoms with van der Waals surface area (Å²) in [6, 6.07) is 0. The summed E-state index contributed by atoms with van der Waals surface area (Å²) in [6.07, 6.45) is 3.67. The fourth-order valence-electron chi connectivity index (χ4n) is 3.91. The minimum Gasteiger partial charge on any atom is -0.392 e. The molecule has 0 spiro atoms. The number of aliphatic hydroxyl groups excluding tert-OH is 1. The molecule has 2 saturated carbocycles. The summed E-state index contributed by atoms with van der Waals surface area (Å²) in [6.45, 7) is 5.52. The van der Waals surface area contributed by atoms with Crippen LogP contribution in [0.1, 0.15) is 33.1 Å². The van der Waals surface area contributed by atoms with Crippen molar-refractivity contribution in [1.82, 2.24) is 4.90 Å². The Bertz CT molecular complexity index is 232. The molecular formula is C12H23NO. The fraction of sp³-hybridized carbons (Fsp3) is 1.00. The minimum absolute atomic E-state index is 0.101. The lowest BCUT2D eigenvalue weighted by Crippen LogP contribution is -2.46. The molecule has 0 aromatic carbocycles. The third-order valence-electron chi connectivity index (χ3n) is 4.61. The molecule has 0 aromatic heterocycles. The molecule has 2 bridgehead atoms. The molecule has 0 saturated heterocycles. The zero-order chi connectivity index (χ0) is 10.6. The largest absolute Gasteiger partial charge is 0.392 e. The van der Waals surface area contributed by atoms with Crippen molar-refractivity contribution in [3.8, 4) is 0 Å². The van der Waals surface area contributed by atoms with Crippen LogP contribution >= 0.6 is 0 Å². The van der Waals surface area contributed by atoms with E-state index in [-0.39, 0.29) is 16.9 Å². The maximum Gasteiger partial charge on any atom is 0.0662 e. The first-order valence-electron chi connectivity index (χ1n) is 5.71. The molecule has 3 atom stereocenters. The predicted octanol–water partition coefficient (Wildman–Crippen LogP) is 1.74. The number of aliphatic hydroxyl groups is 1. The van der Waals surface area contributed by atoms with Crippen LogP contribution in [0.3, 0.4) is 0 Å². The van der Waals surface area contributed by atoms with Gasteiger partial charge < -0.3 is 10.0 Å². The van der Waals surface area contributed by atoms with E-state index in [1.807, 2.05) is 0 Å². The maximum absolute atomic E-state index is 10.4. The van der Waals surface area contributed by atoms with Crippen LogP contribution in [0.15, 0.2) is 0 Å². The van der Waals surface area contributed by atoms with Gasteiger partial charge in [0.15, 0.2) is 0 Å². The van der Waals surface area contributed by atoms with Crippen LogP contribution in [0.4, 0.5) is 0 Å². The predicted molar refractivity (Wildman–Crippen MR) is 58.1 cm³/mol. The summed E-state index contributed by atoms with van der Waals surface area (Å²) in [7, 11) is 4.22. The summed E-state index contributed by atoms with van der Waals surface area (Å²) in [5, 5.41) is 10.4. The highest BCUT2D eigenvalue weighted by atomic mass is 16.3. The summed E-state index contributed by atoms with van der Waals surface area (Å²) < 4.78 is 0. The van der Waals surface area contributed by atoms with E-state index < -0.39 is 0 Å². The lowest BCUT2D eigenvalue weighted by atomic mass is 9.69. The van der Waals surface area contributed by atoms with Crippen molar-refractivity contribution in [3.63, 3.8) is 0 Å². The van der Waals surface area contributed by atoms with E-state index in [4.69, 9.17) is 0 Å². The van der Waals surface area contributed by atoms with E-state index in [2.05, 4.69) is 32.8 Å². The lowest BCUT2D eigenvalue weighted by Gasteiger charge is -2.42.